The zero-order chi connectivity index (χ0) is 17.8. The van der Waals surface area contributed by atoms with Gasteiger partial charge in [0.25, 0.3) is 0 Å². The van der Waals surface area contributed by atoms with Crippen molar-refractivity contribution in [1.29, 1.82) is 0 Å². The highest BCUT2D eigenvalue weighted by atomic mass is 16.2. The molecule has 1 aliphatic heterocycles. The molecule has 1 aliphatic rings. The van der Waals surface area contributed by atoms with Crippen molar-refractivity contribution in [3.63, 3.8) is 0 Å². The van der Waals surface area contributed by atoms with Crippen LogP contribution in [0.1, 0.15) is 49.3 Å². The molecule has 0 bridgehead atoms. The van der Waals surface area contributed by atoms with Gasteiger partial charge in [0.2, 0.25) is 0 Å². The number of nitrogens with zero attached hydrogens (tertiary/aromatic N) is 3. The molecule has 1 aromatic carbocycles. The normalized spacial score (nSPS) is 17.3. The molecule has 2 amide bonds. The van der Waals surface area contributed by atoms with Crippen molar-refractivity contribution >= 4 is 6.03 Å². The molecule has 1 aromatic heterocycles. The second-order valence-electron chi connectivity index (χ2n) is 7.12. The number of nitrogens with one attached hydrogen (secondary N) is 1. The van der Waals surface area contributed by atoms with E-state index in [1.807, 2.05) is 29.3 Å². The van der Waals surface area contributed by atoms with Gasteiger partial charge in [0.05, 0.1) is 0 Å². The van der Waals surface area contributed by atoms with Crippen LogP contribution in [0, 0.1) is 6.92 Å². The number of carbonyl (C=O) groups is 1. The third kappa shape index (κ3) is 4.03. The Bertz CT molecular complexity index is 708. The highest BCUT2D eigenvalue weighted by molar-refractivity contribution is 5.74. The van der Waals surface area contributed by atoms with Gasteiger partial charge < -0.3 is 14.8 Å². The summed E-state index contributed by atoms with van der Waals surface area (Å²) in [6, 6.07) is 10.7. The predicted octanol–water partition coefficient (Wildman–Crippen LogP) is 3.51. The lowest BCUT2D eigenvalue weighted by atomic mass is 10.1. The summed E-state index contributed by atoms with van der Waals surface area (Å²) in [6.07, 6.45) is 3.79. The summed E-state index contributed by atoms with van der Waals surface area (Å²) in [7, 11) is 0. The topological polar surface area (TPSA) is 50.2 Å². The zero-order valence-electron chi connectivity index (χ0n) is 15.4. The molecule has 2 aromatic rings. The first kappa shape index (κ1) is 17.5. The van der Waals surface area contributed by atoms with Gasteiger partial charge >= 0.3 is 6.03 Å². The molecule has 134 valence electrons. The highest BCUT2D eigenvalue weighted by Gasteiger charge is 2.30. The molecule has 3 rings (SSSR count). The van der Waals surface area contributed by atoms with Crippen molar-refractivity contribution in [1.82, 2.24) is 19.8 Å². The lowest BCUT2D eigenvalue weighted by molar-refractivity contribution is 0.208. The Morgan fingerprint density at radius 2 is 2.08 bits per heavy atom. The molecule has 0 aliphatic carbocycles. The van der Waals surface area contributed by atoms with E-state index >= 15 is 0 Å². The standard InChI is InChI=1S/C20H28N4O/c1-15(2)24-16(3)13-22-19(24)18-10-12-23(14-18)20(25)21-11-9-17-7-5-4-6-8-17/h4-8,13,15,18H,9-12,14H2,1-3H3,(H,21,25). The number of benzene rings is 1. The van der Waals surface area contributed by atoms with Crippen LogP contribution in [0.25, 0.3) is 0 Å². The number of urea groups is 1. The molecule has 0 spiro atoms. The van der Waals surface area contributed by atoms with E-state index in [0.29, 0.717) is 18.5 Å². The molecular formula is C20H28N4O. The highest BCUT2D eigenvalue weighted by Crippen LogP contribution is 2.28. The maximum Gasteiger partial charge on any atom is 0.317 e. The van der Waals surface area contributed by atoms with Gasteiger partial charge in [-0.15, -0.1) is 0 Å². The molecule has 1 fully saturated rings. The Labute approximate surface area is 150 Å². The second-order valence-corrected chi connectivity index (χ2v) is 7.12. The molecule has 5 nitrogen and oxygen atoms in total. The van der Waals surface area contributed by atoms with Crippen LogP contribution in [-0.2, 0) is 6.42 Å². The SMILES string of the molecule is Cc1cnc(C2CCN(C(=O)NCCc3ccccc3)C2)n1C(C)C. The summed E-state index contributed by atoms with van der Waals surface area (Å²) in [5.41, 5.74) is 2.44. The third-order valence-corrected chi connectivity index (χ3v) is 4.90. The summed E-state index contributed by atoms with van der Waals surface area (Å²) in [5, 5.41) is 3.05. The summed E-state index contributed by atoms with van der Waals surface area (Å²) < 4.78 is 2.29. The number of hydrogen-bond acceptors (Lipinski definition) is 2. The van der Waals surface area contributed by atoms with Crippen molar-refractivity contribution < 1.29 is 4.79 Å². The summed E-state index contributed by atoms with van der Waals surface area (Å²) >= 11 is 0. The van der Waals surface area contributed by atoms with Crippen LogP contribution in [0.5, 0.6) is 0 Å². The maximum absolute atomic E-state index is 12.4. The zero-order valence-corrected chi connectivity index (χ0v) is 15.4. The van der Waals surface area contributed by atoms with E-state index in [-0.39, 0.29) is 6.03 Å². The number of aromatic nitrogens is 2. The van der Waals surface area contributed by atoms with Crippen LogP contribution in [0.2, 0.25) is 0 Å². The minimum absolute atomic E-state index is 0.0396. The van der Waals surface area contributed by atoms with Gasteiger partial charge in [0, 0.05) is 43.5 Å². The van der Waals surface area contributed by atoms with E-state index in [2.05, 4.69) is 47.8 Å². The number of rotatable bonds is 5. The summed E-state index contributed by atoms with van der Waals surface area (Å²) in [5.74, 6) is 1.45. The van der Waals surface area contributed by atoms with Crippen molar-refractivity contribution in [2.45, 2.75) is 45.6 Å². The molecule has 0 saturated carbocycles. The first-order chi connectivity index (χ1) is 12.1. The summed E-state index contributed by atoms with van der Waals surface area (Å²) in [4.78, 5) is 19.0. The van der Waals surface area contributed by atoms with Crippen LogP contribution >= 0.6 is 0 Å². The average Bonchev–Trinajstić information content (AvgIpc) is 3.22. The molecule has 25 heavy (non-hydrogen) atoms. The first-order valence-corrected chi connectivity index (χ1v) is 9.16. The van der Waals surface area contributed by atoms with Crippen molar-refractivity contribution in [2.75, 3.05) is 19.6 Å². The number of likely N-dealkylation sites (tertiary alicyclic amines) is 1. The Balaban J connectivity index is 1.53. The Kier molecular flexibility index (Phi) is 5.41. The predicted molar refractivity (Wildman–Crippen MR) is 99.8 cm³/mol. The van der Waals surface area contributed by atoms with Crippen LogP contribution in [0.4, 0.5) is 4.79 Å². The van der Waals surface area contributed by atoms with E-state index in [0.717, 1.165) is 31.8 Å². The van der Waals surface area contributed by atoms with Crippen molar-refractivity contribution in [3.05, 3.63) is 53.6 Å². The number of hydrogen-bond donors (Lipinski definition) is 1. The molecule has 1 unspecified atom stereocenters. The number of imidazole rings is 1. The van der Waals surface area contributed by atoms with Gasteiger partial charge in [-0.05, 0) is 39.2 Å². The van der Waals surface area contributed by atoms with Crippen LogP contribution in [0.15, 0.2) is 36.5 Å². The molecule has 0 radical (unpaired) electrons. The van der Waals surface area contributed by atoms with E-state index in [1.54, 1.807) is 0 Å². The molecule has 1 atom stereocenters. The van der Waals surface area contributed by atoms with E-state index < -0.39 is 0 Å². The van der Waals surface area contributed by atoms with Crippen molar-refractivity contribution in [3.8, 4) is 0 Å². The van der Waals surface area contributed by atoms with E-state index in [4.69, 9.17) is 0 Å². The van der Waals surface area contributed by atoms with Crippen LogP contribution in [0.3, 0.4) is 0 Å². The summed E-state index contributed by atoms with van der Waals surface area (Å²) in [6.45, 7) is 8.68. The quantitative estimate of drug-likeness (QED) is 0.905. The molecule has 5 heteroatoms. The lowest BCUT2D eigenvalue weighted by Crippen LogP contribution is -2.39. The minimum Gasteiger partial charge on any atom is -0.338 e. The van der Waals surface area contributed by atoms with Crippen LogP contribution < -0.4 is 5.32 Å². The van der Waals surface area contributed by atoms with Gasteiger partial charge in [-0.3, -0.25) is 0 Å². The van der Waals surface area contributed by atoms with Gasteiger partial charge in [0.15, 0.2) is 0 Å². The fourth-order valence-electron chi connectivity index (χ4n) is 3.66. The van der Waals surface area contributed by atoms with Gasteiger partial charge in [-0.25, -0.2) is 9.78 Å². The van der Waals surface area contributed by atoms with Crippen molar-refractivity contribution in [2.24, 2.45) is 0 Å². The Morgan fingerprint density at radius 1 is 1.32 bits per heavy atom. The molecule has 2 heterocycles. The van der Waals surface area contributed by atoms with E-state index in [1.165, 1.54) is 11.3 Å². The van der Waals surface area contributed by atoms with Crippen LogP contribution in [-0.4, -0.2) is 40.1 Å². The second kappa shape index (κ2) is 7.72. The smallest absolute Gasteiger partial charge is 0.317 e. The monoisotopic (exact) mass is 340 g/mol. The third-order valence-electron chi connectivity index (χ3n) is 4.90. The van der Waals surface area contributed by atoms with E-state index in [9.17, 15) is 4.79 Å². The average molecular weight is 340 g/mol. The molecule has 1 N–H and O–H groups in total. The molecule has 1 saturated heterocycles. The Morgan fingerprint density at radius 3 is 2.80 bits per heavy atom. The maximum atomic E-state index is 12.4. The largest absolute Gasteiger partial charge is 0.338 e. The minimum atomic E-state index is 0.0396. The number of carbonyl (C=O) groups excluding carboxylic acids is 1. The lowest BCUT2D eigenvalue weighted by Gasteiger charge is -2.19. The van der Waals surface area contributed by atoms with Gasteiger partial charge in [0.1, 0.15) is 5.82 Å². The fraction of sp³-hybridized carbons (Fsp3) is 0.500. The fourth-order valence-corrected chi connectivity index (χ4v) is 3.66. The van der Waals surface area contributed by atoms with Gasteiger partial charge in [-0.2, -0.15) is 0 Å². The number of amides is 2. The number of aryl methyl sites for hydroxylation is 1. The first-order valence-electron chi connectivity index (χ1n) is 9.16. The Hall–Kier alpha value is -2.30. The molecular weight excluding hydrogens is 312 g/mol. The van der Waals surface area contributed by atoms with Gasteiger partial charge in [-0.1, -0.05) is 30.3 Å².